The van der Waals surface area contributed by atoms with Gasteiger partial charge in [0.15, 0.2) is 0 Å². The molecule has 0 saturated heterocycles. The largest absolute Gasteiger partial charge is 0.480 e. The van der Waals surface area contributed by atoms with Crippen molar-refractivity contribution in [1.82, 2.24) is 0 Å². The fraction of sp³-hybridized carbons (Fsp3) is 0.545. The minimum atomic E-state index is -0.693. The van der Waals surface area contributed by atoms with Gasteiger partial charge in [-0.2, -0.15) is 0 Å². The molecule has 1 heterocycles. The maximum atomic E-state index is 10.9. The van der Waals surface area contributed by atoms with E-state index in [-0.39, 0.29) is 11.2 Å². The summed E-state index contributed by atoms with van der Waals surface area (Å²) in [4.78, 5) is 12.2. The van der Waals surface area contributed by atoms with Gasteiger partial charge in [-0.15, -0.1) is 23.1 Å². The Morgan fingerprint density at radius 2 is 2.33 bits per heavy atom. The first-order valence-electron chi connectivity index (χ1n) is 4.98. The number of thiophene rings is 1. The van der Waals surface area contributed by atoms with Crippen molar-refractivity contribution in [2.45, 2.75) is 25.5 Å². The number of rotatable bonds is 6. The molecule has 0 aliphatic carbocycles. The van der Waals surface area contributed by atoms with Crippen molar-refractivity contribution in [3.8, 4) is 0 Å². The summed E-state index contributed by atoms with van der Waals surface area (Å²) in [6.07, 6.45) is 0.971. The van der Waals surface area contributed by atoms with Crippen molar-refractivity contribution in [2.24, 2.45) is 5.92 Å². The Kier molecular flexibility index (Phi) is 5.19. The minimum absolute atomic E-state index is 0.191. The molecule has 0 radical (unpaired) electrons. The molecule has 1 atom stereocenters. The van der Waals surface area contributed by atoms with Gasteiger partial charge in [-0.05, 0) is 29.5 Å². The molecule has 4 heteroatoms. The standard InChI is InChI=1S/C11H16O2S2/c1-8(2)10(11(12)13)15-7-5-9-4-3-6-14-9/h3-4,6,8,10H,5,7H2,1-2H3,(H,12,13). The fourth-order valence-electron chi connectivity index (χ4n) is 1.29. The van der Waals surface area contributed by atoms with Crippen molar-refractivity contribution >= 4 is 29.1 Å². The lowest BCUT2D eigenvalue weighted by molar-refractivity contribution is -0.137. The summed E-state index contributed by atoms with van der Waals surface area (Å²) < 4.78 is 0. The monoisotopic (exact) mass is 244 g/mol. The molecular formula is C11H16O2S2. The van der Waals surface area contributed by atoms with Crippen molar-refractivity contribution < 1.29 is 9.90 Å². The van der Waals surface area contributed by atoms with Gasteiger partial charge >= 0.3 is 5.97 Å². The van der Waals surface area contributed by atoms with Crippen LogP contribution in [0, 0.1) is 5.92 Å². The summed E-state index contributed by atoms with van der Waals surface area (Å²) in [5.41, 5.74) is 0. The summed E-state index contributed by atoms with van der Waals surface area (Å²) in [5, 5.41) is 10.8. The third kappa shape index (κ3) is 4.26. The Morgan fingerprint density at radius 1 is 1.60 bits per heavy atom. The predicted octanol–water partition coefficient (Wildman–Crippen LogP) is 3.13. The van der Waals surface area contributed by atoms with Crippen LogP contribution in [0.4, 0.5) is 0 Å². The molecule has 0 aliphatic heterocycles. The van der Waals surface area contributed by atoms with Crippen LogP contribution in [-0.2, 0) is 11.2 Å². The molecule has 0 bridgehead atoms. The lowest BCUT2D eigenvalue weighted by Crippen LogP contribution is -2.23. The molecule has 15 heavy (non-hydrogen) atoms. The first-order chi connectivity index (χ1) is 7.11. The van der Waals surface area contributed by atoms with Crippen molar-refractivity contribution in [2.75, 3.05) is 5.75 Å². The van der Waals surface area contributed by atoms with Crippen LogP contribution in [0.15, 0.2) is 17.5 Å². The van der Waals surface area contributed by atoms with Crippen LogP contribution >= 0.6 is 23.1 Å². The van der Waals surface area contributed by atoms with Crippen molar-refractivity contribution in [3.05, 3.63) is 22.4 Å². The summed E-state index contributed by atoms with van der Waals surface area (Å²) in [6.45, 7) is 3.91. The first-order valence-corrected chi connectivity index (χ1v) is 6.91. The quantitative estimate of drug-likeness (QED) is 0.835. The highest BCUT2D eigenvalue weighted by Crippen LogP contribution is 2.21. The summed E-state index contributed by atoms with van der Waals surface area (Å²) in [7, 11) is 0. The third-order valence-electron chi connectivity index (χ3n) is 2.07. The first kappa shape index (κ1) is 12.6. The van der Waals surface area contributed by atoms with Gasteiger partial charge in [0.25, 0.3) is 0 Å². The zero-order valence-electron chi connectivity index (χ0n) is 8.97. The van der Waals surface area contributed by atoms with Gasteiger partial charge in [-0.1, -0.05) is 19.9 Å². The molecule has 1 N–H and O–H groups in total. The molecule has 0 aromatic carbocycles. The van der Waals surface area contributed by atoms with Crippen LogP contribution in [-0.4, -0.2) is 22.1 Å². The SMILES string of the molecule is CC(C)C(SCCc1cccs1)C(=O)O. The molecule has 0 saturated carbocycles. The third-order valence-corrected chi connectivity index (χ3v) is 4.56. The van der Waals surface area contributed by atoms with Gasteiger partial charge in [-0.3, -0.25) is 4.79 Å². The molecule has 0 spiro atoms. The molecule has 2 nitrogen and oxygen atoms in total. The molecule has 1 aromatic rings. The molecule has 0 fully saturated rings. The van der Waals surface area contributed by atoms with Gasteiger partial charge in [0, 0.05) is 4.88 Å². The lowest BCUT2D eigenvalue weighted by Gasteiger charge is -2.14. The van der Waals surface area contributed by atoms with Crippen LogP contribution < -0.4 is 0 Å². The Balaban J connectivity index is 2.31. The smallest absolute Gasteiger partial charge is 0.316 e. The normalized spacial score (nSPS) is 13.0. The molecular weight excluding hydrogens is 228 g/mol. The second-order valence-electron chi connectivity index (χ2n) is 3.70. The van der Waals surface area contributed by atoms with Crippen LogP contribution in [0.2, 0.25) is 0 Å². The number of hydrogen-bond donors (Lipinski definition) is 1. The van der Waals surface area contributed by atoms with Crippen LogP contribution in [0.3, 0.4) is 0 Å². The average Bonchev–Trinajstić information content (AvgIpc) is 2.63. The zero-order valence-corrected chi connectivity index (χ0v) is 10.6. The number of aliphatic carboxylic acids is 1. The van der Waals surface area contributed by atoms with E-state index in [1.54, 1.807) is 23.1 Å². The number of carboxylic acids is 1. The molecule has 1 unspecified atom stereocenters. The van der Waals surface area contributed by atoms with Crippen LogP contribution in [0.1, 0.15) is 18.7 Å². The average molecular weight is 244 g/mol. The van der Waals surface area contributed by atoms with Gasteiger partial charge in [0.05, 0.1) is 0 Å². The Labute approximate surface area is 98.7 Å². The van der Waals surface area contributed by atoms with E-state index < -0.39 is 5.97 Å². The maximum Gasteiger partial charge on any atom is 0.316 e. The number of carboxylic acid groups (broad SMARTS) is 1. The van der Waals surface area contributed by atoms with E-state index in [4.69, 9.17) is 5.11 Å². The minimum Gasteiger partial charge on any atom is -0.480 e. The fourth-order valence-corrected chi connectivity index (χ4v) is 3.25. The molecule has 1 rings (SSSR count). The number of carbonyl (C=O) groups is 1. The van der Waals surface area contributed by atoms with Crippen molar-refractivity contribution in [1.29, 1.82) is 0 Å². The maximum absolute atomic E-state index is 10.9. The van der Waals surface area contributed by atoms with E-state index in [2.05, 4.69) is 11.4 Å². The summed E-state index contributed by atoms with van der Waals surface area (Å²) in [5.74, 6) is 0.382. The molecule has 1 aromatic heterocycles. The van der Waals surface area contributed by atoms with Gasteiger partial charge in [0.2, 0.25) is 0 Å². The van der Waals surface area contributed by atoms with E-state index in [0.29, 0.717) is 0 Å². The number of thioether (sulfide) groups is 1. The highest BCUT2D eigenvalue weighted by molar-refractivity contribution is 8.00. The van der Waals surface area contributed by atoms with Gasteiger partial charge in [0.1, 0.15) is 5.25 Å². The Bertz CT molecular complexity index is 294. The molecule has 0 aliphatic rings. The van der Waals surface area contributed by atoms with E-state index in [1.807, 2.05) is 19.9 Å². The second kappa shape index (κ2) is 6.18. The molecule has 0 amide bonds. The van der Waals surface area contributed by atoms with Gasteiger partial charge < -0.3 is 5.11 Å². The Hall–Kier alpha value is -0.480. The Morgan fingerprint density at radius 3 is 2.80 bits per heavy atom. The van der Waals surface area contributed by atoms with E-state index >= 15 is 0 Å². The topological polar surface area (TPSA) is 37.3 Å². The van der Waals surface area contributed by atoms with Crippen LogP contribution in [0.5, 0.6) is 0 Å². The summed E-state index contributed by atoms with van der Waals surface area (Å²) in [6, 6.07) is 4.12. The predicted molar refractivity (Wildman–Crippen MR) is 66.7 cm³/mol. The van der Waals surface area contributed by atoms with Crippen molar-refractivity contribution in [3.63, 3.8) is 0 Å². The highest BCUT2D eigenvalue weighted by atomic mass is 32.2. The van der Waals surface area contributed by atoms with E-state index in [9.17, 15) is 4.79 Å². The van der Waals surface area contributed by atoms with Gasteiger partial charge in [-0.25, -0.2) is 0 Å². The van der Waals surface area contributed by atoms with Crippen LogP contribution in [0.25, 0.3) is 0 Å². The summed E-state index contributed by atoms with van der Waals surface area (Å²) >= 11 is 3.27. The molecule has 84 valence electrons. The zero-order chi connectivity index (χ0) is 11.3. The number of hydrogen-bond acceptors (Lipinski definition) is 3. The lowest BCUT2D eigenvalue weighted by atomic mass is 10.1. The second-order valence-corrected chi connectivity index (χ2v) is 5.98. The highest BCUT2D eigenvalue weighted by Gasteiger charge is 2.21. The van der Waals surface area contributed by atoms with E-state index in [0.717, 1.165) is 12.2 Å². The van der Waals surface area contributed by atoms with E-state index in [1.165, 1.54) is 4.88 Å². The number of aryl methyl sites for hydroxylation is 1.